The van der Waals surface area contributed by atoms with Crippen LogP contribution in [-0.4, -0.2) is 35.9 Å². The Balaban J connectivity index is 1.93. The van der Waals surface area contributed by atoms with Gasteiger partial charge in [0, 0.05) is 35.1 Å². The normalized spacial score (nSPS) is 11.5. The van der Waals surface area contributed by atoms with Crippen molar-refractivity contribution in [2.45, 2.75) is 25.9 Å². The van der Waals surface area contributed by atoms with Gasteiger partial charge in [-0.15, -0.1) is 0 Å². The van der Waals surface area contributed by atoms with Crippen LogP contribution in [0.4, 0.5) is 0 Å². The lowest BCUT2D eigenvalue weighted by molar-refractivity contribution is -0.142. The highest BCUT2D eigenvalue weighted by atomic mass is 35.5. The van der Waals surface area contributed by atoms with E-state index in [1.165, 1.54) is 4.90 Å². The molecule has 7 heteroatoms. The third-order valence-corrected chi connectivity index (χ3v) is 5.83. The number of halogens is 2. The van der Waals surface area contributed by atoms with Gasteiger partial charge in [-0.3, -0.25) is 9.59 Å². The fraction of sp³-hybridized carbons (Fsp3) is 0.231. The first-order valence-electron chi connectivity index (χ1n) is 10.7. The number of amides is 2. The summed E-state index contributed by atoms with van der Waals surface area (Å²) in [4.78, 5) is 28.0. The summed E-state index contributed by atoms with van der Waals surface area (Å²) >= 11 is 12.8. The SMILES string of the molecule is CCNC(=O)C(Cc1ccccc1)N(Cc1c(Cl)cccc1Cl)C(=O)COc1ccccc1. The Hall–Kier alpha value is -3.02. The van der Waals surface area contributed by atoms with Crippen molar-refractivity contribution in [2.24, 2.45) is 0 Å². The molecule has 33 heavy (non-hydrogen) atoms. The van der Waals surface area contributed by atoms with E-state index in [-0.39, 0.29) is 25.0 Å². The van der Waals surface area contributed by atoms with Gasteiger partial charge in [-0.1, -0.05) is 77.8 Å². The minimum absolute atomic E-state index is 0.0735. The summed E-state index contributed by atoms with van der Waals surface area (Å²) in [6, 6.07) is 23.0. The van der Waals surface area contributed by atoms with Gasteiger partial charge in [0.25, 0.3) is 5.91 Å². The standard InChI is InChI=1S/C26H26Cl2N2O3/c1-2-29-26(32)24(16-19-10-5-3-6-11-19)30(17-21-22(27)14-9-15-23(21)28)25(31)18-33-20-12-7-4-8-13-20/h3-15,24H,2,16-18H2,1H3,(H,29,32). The van der Waals surface area contributed by atoms with E-state index in [0.717, 1.165) is 5.56 Å². The predicted octanol–water partition coefficient (Wildman–Crippen LogP) is 5.15. The van der Waals surface area contributed by atoms with E-state index in [9.17, 15) is 9.59 Å². The number of benzene rings is 3. The third kappa shape index (κ3) is 6.98. The molecule has 1 unspecified atom stereocenters. The van der Waals surface area contributed by atoms with Crippen LogP contribution in [0, 0.1) is 0 Å². The van der Waals surface area contributed by atoms with Crippen LogP contribution < -0.4 is 10.1 Å². The van der Waals surface area contributed by atoms with E-state index >= 15 is 0 Å². The number of likely N-dealkylation sites (N-methyl/N-ethyl adjacent to an activating group) is 1. The monoisotopic (exact) mass is 484 g/mol. The summed E-state index contributed by atoms with van der Waals surface area (Å²) in [5, 5.41) is 3.71. The lowest BCUT2D eigenvalue weighted by atomic mass is 10.0. The van der Waals surface area contributed by atoms with Crippen LogP contribution in [0.1, 0.15) is 18.1 Å². The molecule has 0 saturated heterocycles. The van der Waals surface area contributed by atoms with Crippen molar-refractivity contribution in [1.82, 2.24) is 10.2 Å². The second-order valence-corrected chi connectivity index (χ2v) is 8.24. The van der Waals surface area contributed by atoms with Crippen molar-refractivity contribution in [3.8, 4) is 5.75 Å². The minimum Gasteiger partial charge on any atom is -0.484 e. The van der Waals surface area contributed by atoms with Gasteiger partial charge in [-0.2, -0.15) is 0 Å². The Morgan fingerprint density at radius 2 is 1.52 bits per heavy atom. The number of hydrogen-bond donors (Lipinski definition) is 1. The summed E-state index contributed by atoms with van der Waals surface area (Å²) in [6.45, 7) is 2.13. The molecular weight excluding hydrogens is 459 g/mol. The first kappa shape index (κ1) is 24.6. The molecule has 1 atom stereocenters. The Labute approximate surface area is 204 Å². The van der Waals surface area contributed by atoms with E-state index in [0.29, 0.717) is 34.3 Å². The summed E-state index contributed by atoms with van der Waals surface area (Å²) < 4.78 is 5.70. The predicted molar refractivity (Wildman–Crippen MR) is 132 cm³/mol. The summed E-state index contributed by atoms with van der Waals surface area (Å²) in [7, 11) is 0. The zero-order chi connectivity index (χ0) is 23.6. The zero-order valence-electron chi connectivity index (χ0n) is 18.3. The van der Waals surface area contributed by atoms with Gasteiger partial charge in [0.05, 0.1) is 0 Å². The zero-order valence-corrected chi connectivity index (χ0v) is 19.9. The Morgan fingerprint density at radius 3 is 2.12 bits per heavy atom. The van der Waals surface area contributed by atoms with E-state index in [2.05, 4.69) is 5.32 Å². The number of carbonyl (C=O) groups is 2. The van der Waals surface area contributed by atoms with Crippen molar-refractivity contribution in [3.05, 3.63) is 100 Å². The molecule has 172 valence electrons. The number of hydrogen-bond acceptors (Lipinski definition) is 3. The van der Waals surface area contributed by atoms with Crippen LogP contribution in [-0.2, 0) is 22.6 Å². The van der Waals surface area contributed by atoms with Crippen LogP contribution in [0.25, 0.3) is 0 Å². The molecule has 0 radical (unpaired) electrons. The van der Waals surface area contributed by atoms with Gasteiger partial charge in [0.2, 0.25) is 5.91 Å². The number of para-hydroxylation sites is 1. The number of ether oxygens (including phenoxy) is 1. The first-order valence-corrected chi connectivity index (χ1v) is 11.5. The van der Waals surface area contributed by atoms with Gasteiger partial charge < -0.3 is 15.0 Å². The summed E-state index contributed by atoms with van der Waals surface area (Å²) in [6.07, 6.45) is 0.339. The van der Waals surface area contributed by atoms with Crippen molar-refractivity contribution in [2.75, 3.05) is 13.2 Å². The lowest BCUT2D eigenvalue weighted by Crippen LogP contribution is -2.51. The average molecular weight is 485 g/mol. The molecular formula is C26H26Cl2N2O3. The average Bonchev–Trinajstić information content (AvgIpc) is 2.83. The maximum absolute atomic E-state index is 13.4. The molecule has 0 bridgehead atoms. The highest BCUT2D eigenvalue weighted by molar-refractivity contribution is 6.36. The Morgan fingerprint density at radius 1 is 0.909 bits per heavy atom. The highest BCUT2D eigenvalue weighted by Gasteiger charge is 2.31. The number of nitrogens with one attached hydrogen (secondary N) is 1. The van der Waals surface area contributed by atoms with Gasteiger partial charge in [-0.25, -0.2) is 0 Å². The molecule has 2 amide bonds. The molecule has 0 aliphatic carbocycles. The Bertz CT molecular complexity index is 1040. The maximum atomic E-state index is 13.4. The number of rotatable bonds is 10. The third-order valence-electron chi connectivity index (χ3n) is 5.12. The van der Waals surface area contributed by atoms with Crippen LogP contribution in [0.5, 0.6) is 5.75 Å². The fourth-order valence-electron chi connectivity index (χ4n) is 3.44. The largest absolute Gasteiger partial charge is 0.484 e. The van der Waals surface area contributed by atoms with E-state index in [1.54, 1.807) is 30.3 Å². The molecule has 0 aliphatic heterocycles. The van der Waals surface area contributed by atoms with E-state index < -0.39 is 6.04 Å². The molecule has 0 saturated carbocycles. The van der Waals surface area contributed by atoms with E-state index in [1.807, 2.05) is 55.5 Å². The molecule has 0 heterocycles. The van der Waals surface area contributed by atoms with Gasteiger partial charge >= 0.3 is 0 Å². The quantitative estimate of drug-likeness (QED) is 0.432. The van der Waals surface area contributed by atoms with Crippen LogP contribution in [0.15, 0.2) is 78.9 Å². The van der Waals surface area contributed by atoms with Crippen LogP contribution in [0.3, 0.4) is 0 Å². The molecule has 0 aromatic heterocycles. The molecule has 0 spiro atoms. The second-order valence-electron chi connectivity index (χ2n) is 7.42. The topological polar surface area (TPSA) is 58.6 Å². The second kappa shape index (κ2) is 12.3. The van der Waals surface area contributed by atoms with Gasteiger partial charge in [-0.05, 0) is 36.8 Å². The van der Waals surface area contributed by atoms with Crippen LogP contribution >= 0.6 is 23.2 Å². The first-order chi connectivity index (χ1) is 16.0. The molecule has 0 fully saturated rings. The van der Waals surface area contributed by atoms with Crippen molar-refractivity contribution < 1.29 is 14.3 Å². The fourth-order valence-corrected chi connectivity index (χ4v) is 3.96. The molecule has 3 aromatic rings. The molecule has 1 N–H and O–H groups in total. The molecule has 3 rings (SSSR count). The molecule has 3 aromatic carbocycles. The highest BCUT2D eigenvalue weighted by Crippen LogP contribution is 2.27. The lowest BCUT2D eigenvalue weighted by Gasteiger charge is -2.32. The van der Waals surface area contributed by atoms with Crippen molar-refractivity contribution in [1.29, 1.82) is 0 Å². The number of nitrogens with zero attached hydrogens (tertiary/aromatic N) is 1. The summed E-state index contributed by atoms with van der Waals surface area (Å²) in [5.41, 5.74) is 1.51. The van der Waals surface area contributed by atoms with Crippen molar-refractivity contribution >= 4 is 35.0 Å². The minimum atomic E-state index is -0.772. The van der Waals surface area contributed by atoms with Crippen molar-refractivity contribution in [3.63, 3.8) is 0 Å². The van der Waals surface area contributed by atoms with E-state index in [4.69, 9.17) is 27.9 Å². The summed E-state index contributed by atoms with van der Waals surface area (Å²) in [5.74, 6) is -0.0289. The smallest absolute Gasteiger partial charge is 0.261 e. The maximum Gasteiger partial charge on any atom is 0.261 e. The van der Waals surface area contributed by atoms with Gasteiger partial charge in [0.1, 0.15) is 11.8 Å². The Kier molecular flexibility index (Phi) is 9.16. The number of carbonyl (C=O) groups excluding carboxylic acids is 2. The molecule has 5 nitrogen and oxygen atoms in total. The van der Waals surface area contributed by atoms with Crippen LogP contribution in [0.2, 0.25) is 10.0 Å². The molecule has 0 aliphatic rings. The van der Waals surface area contributed by atoms with Gasteiger partial charge in [0.15, 0.2) is 6.61 Å².